The van der Waals surface area contributed by atoms with Gasteiger partial charge in [-0.3, -0.25) is 9.59 Å². The Kier molecular flexibility index (Phi) is 5.52. The molecule has 1 fully saturated rings. The van der Waals surface area contributed by atoms with Crippen LogP contribution in [-0.4, -0.2) is 80.1 Å². The van der Waals surface area contributed by atoms with Crippen LogP contribution in [0.1, 0.15) is 10.4 Å². The van der Waals surface area contributed by atoms with Gasteiger partial charge in [-0.2, -0.15) is 4.80 Å². The van der Waals surface area contributed by atoms with Gasteiger partial charge < -0.3 is 19.5 Å². The molecule has 3 aromatic heterocycles. The first-order valence-corrected chi connectivity index (χ1v) is 11.9. The third kappa shape index (κ3) is 3.84. The Labute approximate surface area is 211 Å². The maximum Gasteiger partial charge on any atom is 0.295 e. The highest BCUT2D eigenvalue weighted by Crippen LogP contribution is 2.35. The van der Waals surface area contributed by atoms with E-state index in [1.807, 2.05) is 24.3 Å². The molecule has 0 atom stereocenters. The number of benzene rings is 2. The zero-order valence-corrected chi connectivity index (χ0v) is 20.4. The van der Waals surface area contributed by atoms with Crippen LogP contribution in [0.5, 0.6) is 5.75 Å². The molecule has 1 aliphatic heterocycles. The molecule has 0 saturated carbocycles. The number of piperazine rings is 1. The van der Waals surface area contributed by atoms with Crippen LogP contribution in [0.25, 0.3) is 33.1 Å². The number of fused-ring (bicyclic) bond motifs is 2. The number of nitrogens with zero attached hydrogens (tertiary/aromatic N) is 7. The minimum atomic E-state index is -0.592. The second-order valence-corrected chi connectivity index (χ2v) is 8.83. The Balaban J connectivity index is 1.25. The van der Waals surface area contributed by atoms with Crippen LogP contribution >= 0.6 is 0 Å². The molecule has 1 aliphatic rings. The topological polar surface area (TPSA) is 122 Å². The third-order valence-corrected chi connectivity index (χ3v) is 6.72. The highest BCUT2D eigenvalue weighted by atomic mass is 16.5. The lowest BCUT2D eigenvalue weighted by atomic mass is 10.0. The average molecular weight is 497 g/mol. The van der Waals surface area contributed by atoms with E-state index in [0.29, 0.717) is 54.2 Å². The van der Waals surface area contributed by atoms with Gasteiger partial charge in [0, 0.05) is 49.5 Å². The summed E-state index contributed by atoms with van der Waals surface area (Å²) >= 11 is 0. The number of amides is 1. The van der Waals surface area contributed by atoms with Gasteiger partial charge in [0.2, 0.25) is 5.82 Å². The lowest BCUT2D eigenvalue weighted by molar-refractivity contribution is -0.126. The van der Waals surface area contributed by atoms with Crippen molar-refractivity contribution in [3.8, 4) is 17.1 Å². The largest absolute Gasteiger partial charge is 0.496 e. The number of carbonyl (C=O) groups is 2. The van der Waals surface area contributed by atoms with Crippen molar-refractivity contribution in [1.29, 1.82) is 0 Å². The van der Waals surface area contributed by atoms with Gasteiger partial charge >= 0.3 is 0 Å². The van der Waals surface area contributed by atoms with E-state index in [1.54, 1.807) is 36.5 Å². The number of rotatable bonds is 5. The Morgan fingerprint density at radius 2 is 1.84 bits per heavy atom. The first kappa shape index (κ1) is 22.7. The second kappa shape index (κ2) is 9.01. The number of hydrogen-bond donors (Lipinski definition) is 1. The number of pyridine rings is 1. The van der Waals surface area contributed by atoms with Crippen molar-refractivity contribution in [1.82, 2.24) is 35.1 Å². The number of ether oxygens (including phenoxy) is 1. The number of hydrogen-bond acceptors (Lipinski definition) is 8. The number of aromatic nitrogens is 6. The van der Waals surface area contributed by atoms with E-state index in [0.717, 1.165) is 16.6 Å². The second-order valence-electron chi connectivity index (χ2n) is 8.83. The summed E-state index contributed by atoms with van der Waals surface area (Å²) < 4.78 is 5.52. The first-order chi connectivity index (χ1) is 18.0. The maximum atomic E-state index is 13.4. The molecule has 2 aromatic carbocycles. The molecule has 1 N–H and O–H groups in total. The van der Waals surface area contributed by atoms with E-state index in [1.165, 1.54) is 11.9 Å². The third-order valence-electron chi connectivity index (χ3n) is 6.72. The average Bonchev–Trinajstić information content (AvgIpc) is 3.58. The van der Waals surface area contributed by atoms with Gasteiger partial charge in [0.15, 0.2) is 0 Å². The molecule has 0 spiro atoms. The van der Waals surface area contributed by atoms with Crippen molar-refractivity contribution < 1.29 is 14.3 Å². The fourth-order valence-electron chi connectivity index (χ4n) is 4.88. The fourth-order valence-corrected chi connectivity index (χ4v) is 4.88. The summed E-state index contributed by atoms with van der Waals surface area (Å²) in [4.78, 5) is 39.5. The van der Waals surface area contributed by atoms with Gasteiger partial charge in [-0.1, -0.05) is 24.3 Å². The van der Waals surface area contributed by atoms with Crippen molar-refractivity contribution in [2.24, 2.45) is 7.05 Å². The summed E-state index contributed by atoms with van der Waals surface area (Å²) in [5.74, 6) is 0.637. The normalized spacial score (nSPS) is 13.9. The molecule has 0 bridgehead atoms. The molecule has 6 rings (SSSR count). The SMILES string of the molecule is COc1ccc(-c2nnn(C)n2)c2[nH]cc(C(=O)C(=O)N3CCN(c4nccc5ccccc45)CC3)c12. The van der Waals surface area contributed by atoms with Gasteiger partial charge in [-0.05, 0) is 28.8 Å². The van der Waals surface area contributed by atoms with Crippen LogP contribution in [0.15, 0.2) is 54.9 Å². The standard InChI is InChI=1S/C26H24N8O3/c1-32-30-24(29-31-32)18-7-8-20(37-2)21-19(15-28-22(18)21)23(35)26(36)34-13-11-33(12-14-34)25-17-6-4-3-5-16(17)9-10-27-25/h3-10,15,28H,11-14H2,1-2H3. The molecule has 0 unspecified atom stereocenters. The van der Waals surface area contributed by atoms with Crippen LogP contribution in [0.4, 0.5) is 5.82 Å². The molecule has 1 saturated heterocycles. The van der Waals surface area contributed by atoms with Gasteiger partial charge in [0.1, 0.15) is 11.6 Å². The van der Waals surface area contributed by atoms with E-state index >= 15 is 0 Å². The van der Waals surface area contributed by atoms with Crippen LogP contribution in [0, 0.1) is 0 Å². The quantitative estimate of drug-likeness (QED) is 0.291. The Morgan fingerprint density at radius 3 is 2.59 bits per heavy atom. The van der Waals surface area contributed by atoms with Crippen molar-refractivity contribution in [3.05, 3.63) is 60.4 Å². The van der Waals surface area contributed by atoms with E-state index in [9.17, 15) is 9.59 Å². The summed E-state index contributed by atoms with van der Waals surface area (Å²) in [5.41, 5.74) is 1.52. The summed E-state index contributed by atoms with van der Waals surface area (Å²) in [6.07, 6.45) is 3.34. The van der Waals surface area contributed by atoms with Crippen molar-refractivity contribution in [2.45, 2.75) is 0 Å². The minimum absolute atomic E-state index is 0.251. The Hall–Kier alpha value is -4.80. The summed E-state index contributed by atoms with van der Waals surface area (Å²) in [6, 6.07) is 13.6. The van der Waals surface area contributed by atoms with E-state index < -0.39 is 11.7 Å². The highest BCUT2D eigenvalue weighted by molar-refractivity contribution is 6.45. The summed E-state index contributed by atoms with van der Waals surface area (Å²) in [5, 5.41) is 14.9. The number of aryl methyl sites for hydroxylation is 1. The highest BCUT2D eigenvalue weighted by Gasteiger charge is 2.30. The van der Waals surface area contributed by atoms with Crippen molar-refractivity contribution in [3.63, 3.8) is 0 Å². The van der Waals surface area contributed by atoms with Crippen LogP contribution < -0.4 is 9.64 Å². The molecule has 186 valence electrons. The number of ketones is 1. The molecule has 4 heterocycles. The maximum absolute atomic E-state index is 13.4. The molecular weight excluding hydrogens is 472 g/mol. The van der Waals surface area contributed by atoms with Gasteiger partial charge in [-0.25, -0.2) is 4.98 Å². The number of carbonyl (C=O) groups excluding carboxylic acids is 2. The molecule has 11 heteroatoms. The summed E-state index contributed by atoms with van der Waals surface area (Å²) in [6.45, 7) is 2.01. The number of tetrazole rings is 1. The van der Waals surface area contributed by atoms with E-state index in [-0.39, 0.29) is 5.56 Å². The lowest BCUT2D eigenvalue weighted by Crippen LogP contribution is -2.50. The van der Waals surface area contributed by atoms with E-state index in [4.69, 9.17) is 4.74 Å². The predicted octanol–water partition coefficient (Wildman–Crippen LogP) is 2.45. The summed E-state index contributed by atoms with van der Waals surface area (Å²) in [7, 11) is 3.20. The molecule has 0 radical (unpaired) electrons. The molecule has 1 amide bonds. The number of methoxy groups -OCH3 is 1. The van der Waals surface area contributed by atoms with Gasteiger partial charge in [0.05, 0.1) is 30.6 Å². The minimum Gasteiger partial charge on any atom is -0.496 e. The predicted molar refractivity (Wildman–Crippen MR) is 138 cm³/mol. The number of anilines is 1. The molecule has 37 heavy (non-hydrogen) atoms. The molecule has 0 aliphatic carbocycles. The van der Waals surface area contributed by atoms with Crippen LogP contribution in [0.3, 0.4) is 0 Å². The van der Waals surface area contributed by atoms with E-state index in [2.05, 4.69) is 36.3 Å². The molecule has 11 nitrogen and oxygen atoms in total. The number of aromatic amines is 1. The number of Topliss-reactive ketones (excluding diaryl/α,β-unsaturated/α-hetero) is 1. The van der Waals surface area contributed by atoms with Crippen LogP contribution in [0.2, 0.25) is 0 Å². The van der Waals surface area contributed by atoms with Crippen molar-refractivity contribution in [2.75, 3.05) is 38.2 Å². The van der Waals surface area contributed by atoms with Gasteiger partial charge in [-0.15, -0.1) is 10.2 Å². The Morgan fingerprint density at radius 1 is 1.03 bits per heavy atom. The zero-order valence-electron chi connectivity index (χ0n) is 20.4. The number of H-pyrrole nitrogens is 1. The Bertz CT molecular complexity index is 1640. The first-order valence-electron chi connectivity index (χ1n) is 11.9. The fraction of sp³-hybridized carbons (Fsp3) is 0.231. The molecule has 5 aromatic rings. The monoisotopic (exact) mass is 496 g/mol. The van der Waals surface area contributed by atoms with Crippen molar-refractivity contribution >= 4 is 39.2 Å². The number of nitrogens with one attached hydrogen (secondary N) is 1. The molecular formula is C26H24N8O3. The smallest absolute Gasteiger partial charge is 0.295 e. The van der Waals surface area contributed by atoms with Crippen LogP contribution in [-0.2, 0) is 11.8 Å². The van der Waals surface area contributed by atoms with Gasteiger partial charge in [0.25, 0.3) is 11.7 Å². The lowest BCUT2D eigenvalue weighted by Gasteiger charge is -2.35. The zero-order chi connectivity index (χ0) is 25.5.